The van der Waals surface area contributed by atoms with Gasteiger partial charge >= 0.3 is 0 Å². The van der Waals surface area contributed by atoms with E-state index in [1.807, 2.05) is 36.1 Å². The number of hydrogen-bond acceptors (Lipinski definition) is 2. The van der Waals surface area contributed by atoms with Gasteiger partial charge in [0, 0.05) is 18.3 Å². The summed E-state index contributed by atoms with van der Waals surface area (Å²) in [6.07, 6.45) is 2.74. The highest BCUT2D eigenvalue weighted by Gasteiger charge is 2.14. The zero-order chi connectivity index (χ0) is 13.0. The van der Waals surface area contributed by atoms with Gasteiger partial charge in [0.05, 0.1) is 11.7 Å². The third-order valence-corrected chi connectivity index (χ3v) is 3.23. The minimum absolute atomic E-state index is 0.265. The maximum Gasteiger partial charge on any atom is 0.0553 e. The number of rotatable bonds is 5. The first kappa shape index (κ1) is 13.1. The Hall–Kier alpha value is -1.32. The van der Waals surface area contributed by atoms with Crippen LogP contribution in [-0.2, 0) is 13.5 Å². The zero-order valence-electron chi connectivity index (χ0n) is 10.7. The molecule has 2 rings (SSSR count). The van der Waals surface area contributed by atoms with Gasteiger partial charge in [-0.1, -0.05) is 30.7 Å². The molecule has 0 bridgehead atoms. The maximum atomic E-state index is 6.02. The average molecular weight is 264 g/mol. The molecule has 0 radical (unpaired) electrons. The number of aryl methyl sites for hydroxylation is 1. The number of likely N-dealkylation sites (N-methyl/N-ethyl adjacent to an activating group) is 1. The van der Waals surface area contributed by atoms with E-state index in [1.54, 1.807) is 0 Å². The van der Waals surface area contributed by atoms with Gasteiger partial charge in [0.1, 0.15) is 0 Å². The molecule has 4 heteroatoms. The molecule has 3 nitrogen and oxygen atoms in total. The Labute approximate surface area is 113 Å². The number of nitrogens with one attached hydrogen (secondary N) is 1. The van der Waals surface area contributed by atoms with Crippen molar-refractivity contribution in [3.8, 4) is 0 Å². The molecule has 96 valence electrons. The largest absolute Gasteiger partial charge is 0.309 e. The second-order valence-corrected chi connectivity index (χ2v) is 4.76. The van der Waals surface area contributed by atoms with Crippen LogP contribution in [0.2, 0.25) is 5.02 Å². The normalized spacial score (nSPS) is 12.6. The van der Waals surface area contributed by atoms with Gasteiger partial charge in [-0.05, 0) is 36.7 Å². The summed E-state index contributed by atoms with van der Waals surface area (Å²) < 4.78 is 1.91. The van der Waals surface area contributed by atoms with Gasteiger partial charge in [0.25, 0.3) is 0 Å². The van der Waals surface area contributed by atoms with E-state index in [4.69, 9.17) is 11.6 Å². The summed E-state index contributed by atoms with van der Waals surface area (Å²) in [5.74, 6) is 0. The molecule has 0 aliphatic heterocycles. The van der Waals surface area contributed by atoms with E-state index in [9.17, 15) is 0 Å². The second kappa shape index (κ2) is 6.03. The predicted octanol–water partition coefficient (Wildman–Crippen LogP) is 2.97. The van der Waals surface area contributed by atoms with Crippen molar-refractivity contribution < 1.29 is 0 Å². The van der Waals surface area contributed by atoms with Gasteiger partial charge in [-0.3, -0.25) is 4.68 Å². The Kier molecular flexibility index (Phi) is 4.39. The van der Waals surface area contributed by atoms with Crippen LogP contribution in [0.3, 0.4) is 0 Å². The highest BCUT2D eigenvalue weighted by Crippen LogP contribution is 2.19. The molecule has 1 heterocycles. The molecule has 1 atom stereocenters. The quantitative estimate of drug-likeness (QED) is 0.899. The van der Waals surface area contributed by atoms with Crippen molar-refractivity contribution >= 4 is 11.6 Å². The summed E-state index contributed by atoms with van der Waals surface area (Å²) in [7, 11) is 1.97. The highest BCUT2D eigenvalue weighted by atomic mass is 35.5. The van der Waals surface area contributed by atoms with Crippen molar-refractivity contribution in [2.24, 2.45) is 7.05 Å². The average Bonchev–Trinajstić information content (AvgIpc) is 2.75. The molecule has 1 unspecified atom stereocenters. The van der Waals surface area contributed by atoms with Crippen LogP contribution >= 0.6 is 11.6 Å². The van der Waals surface area contributed by atoms with Crippen molar-refractivity contribution in [2.75, 3.05) is 6.54 Å². The fourth-order valence-corrected chi connectivity index (χ4v) is 2.37. The molecule has 0 aliphatic carbocycles. The molecule has 1 aromatic carbocycles. The van der Waals surface area contributed by atoms with Crippen LogP contribution in [0.4, 0.5) is 0 Å². The predicted molar refractivity (Wildman–Crippen MR) is 74.8 cm³/mol. The summed E-state index contributed by atoms with van der Waals surface area (Å²) in [4.78, 5) is 0. The zero-order valence-corrected chi connectivity index (χ0v) is 11.5. The third-order valence-electron chi connectivity index (χ3n) is 3.00. The van der Waals surface area contributed by atoms with Gasteiger partial charge < -0.3 is 5.32 Å². The van der Waals surface area contributed by atoms with Crippen molar-refractivity contribution in [3.05, 3.63) is 52.8 Å². The van der Waals surface area contributed by atoms with Crippen LogP contribution in [0.15, 0.2) is 36.5 Å². The number of nitrogens with zero attached hydrogens (tertiary/aromatic N) is 2. The van der Waals surface area contributed by atoms with E-state index >= 15 is 0 Å². The molecule has 2 aromatic rings. The maximum absolute atomic E-state index is 6.02. The minimum atomic E-state index is 0.265. The number of aromatic nitrogens is 2. The molecule has 1 N–H and O–H groups in total. The summed E-state index contributed by atoms with van der Waals surface area (Å²) in [6.45, 7) is 3.04. The van der Waals surface area contributed by atoms with Crippen LogP contribution < -0.4 is 5.32 Å². The van der Waals surface area contributed by atoms with E-state index in [0.29, 0.717) is 0 Å². The van der Waals surface area contributed by atoms with E-state index in [1.165, 1.54) is 11.3 Å². The standard InChI is InChI=1S/C14H18ClN3/c1-3-16-13(14-7-8-17-18(14)2)10-11-5-4-6-12(15)9-11/h4-9,13,16H,3,10H2,1-2H3. The van der Waals surface area contributed by atoms with Gasteiger partial charge in [-0.2, -0.15) is 5.10 Å². The first-order valence-corrected chi connectivity index (χ1v) is 6.54. The van der Waals surface area contributed by atoms with E-state index in [-0.39, 0.29) is 6.04 Å². The summed E-state index contributed by atoms with van der Waals surface area (Å²) in [5.41, 5.74) is 2.42. The molecule has 0 aliphatic rings. The SMILES string of the molecule is CCNC(Cc1cccc(Cl)c1)c1ccnn1C. The Morgan fingerprint density at radius 3 is 2.83 bits per heavy atom. The molecule has 0 amide bonds. The van der Waals surface area contributed by atoms with E-state index < -0.39 is 0 Å². The molecule has 0 saturated heterocycles. The number of hydrogen-bond donors (Lipinski definition) is 1. The van der Waals surface area contributed by atoms with Crippen LogP contribution in [0.5, 0.6) is 0 Å². The third kappa shape index (κ3) is 3.12. The molecular formula is C14H18ClN3. The molecule has 1 aromatic heterocycles. The summed E-state index contributed by atoms with van der Waals surface area (Å²) >= 11 is 6.02. The first-order chi connectivity index (χ1) is 8.70. The van der Waals surface area contributed by atoms with Crippen LogP contribution in [0.1, 0.15) is 24.2 Å². The monoisotopic (exact) mass is 263 g/mol. The highest BCUT2D eigenvalue weighted by molar-refractivity contribution is 6.30. The van der Waals surface area contributed by atoms with Crippen molar-refractivity contribution in [2.45, 2.75) is 19.4 Å². The molecular weight excluding hydrogens is 246 g/mol. The molecule has 0 spiro atoms. The van der Waals surface area contributed by atoms with E-state index in [0.717, 1.165) is 18.0 Å². The minimum Gasteiger partial charge on any atom is -0.309 e. The lowest BCUT2D eigenvalue weighted by molar-refractivity contribution is 0.508. The smallest absolute Gasteiger partial charge is 0.0553 e. The van der Waals surface area contributed by atoms with Crippen LogP contribution in [-0.4, -0.2) is 16.3 Å². The lowest BCUT2D eigenvalue weighted by atomic mass is 10.0. The van der Waals surface area contributed by atoms with Crippen molar-refractivity contribution in [3.63, 3.8) is 0 Å². The Balaban J connectivity index is 2.19. The second-order valence-electron chi connectivity index (χ2n) is 4.32. The lowest BCUT2D eigenvalue weighted by Gasteiger charge is -2.18. The fraction of sp³-hybridized carbons (Fsp3) is 0.357. The van der Waals surface area contributed by atoms with Gasteiger partial charge in [0.15, 0.2) is 0 Å². The van der Waals surface area contributed by atoms with Crippen LogP contribution in [0, 0.1) is 0 Å². The van der Waals surface area contributed by atoms with Crippen molar-refractivity contribution in [1.29, 1.82) is 0 Å². The molecule has 0 saturated carbocycles. The lowest BCUT2D eigenvalue weighted by Crippen LogP contribution is -2.25. The number of halogens is 1. The fourth-order valence-electron chi connectivity index (χ4n) is 2.15. The van der Waals surface area contributed by atoms with Gasteiger partial charge in [-0.25, -0.2) is 0 Å². The van der Waals surface area contributed by atoms with Crippen molar-refractivity contribution in [1.82, 2.24) is 15.1 Å². The molecule has 0 fully saturated rings. The Morgan fingerprint density at radius 2 is 2.22 bits per heavy atom. The van der Waals surface area contributed by atoms with Gasteiger partial charge in [0.2, 0.25) is 0 Å². The van der Waals surface area contributed by atoms with Gasteiger partial charge in [-0.15, -0.1) is 0 Å². The van der Waals surface area contributed by atoms with E-state index in [2.05, 4.69) is 29.5 Å². The summed E-state index contributed by atoms with van der Waals surface area (Å²) in [5, 5.41) is 8.50. The summed E-state index contributed by atoms with van der Waals surface area (Å²) in [6, 6.07) is 10.3. The Morgan fingerprint density at radius 1 is 1.39 bits per heavy atom. The van der Waals surface area contributed by atoms with Crippen LogP contribution in [0.25, 0.3) is 0 Å². The number of benzene rings is 1. The molecule has 18 heavy (non-hydrogen) atoms. The Bertz CT molecular complexity index is 507. The topological polar surface area (TPSA) is 29.9 Å². The first-order valence-electron chi connectivity index (χ1n) is 6.16.